The van der Waals surface area contributed by atoms with Crippen molar-refractivity contribution in [3.8, 4) is 0 Å². The molecule has 0 amide bonds. The normalized spacial score (nSPS) is 22.2. The van der Waals surface area contributed by atoms with Gasteiger partial charge in [0.15, 0.2) is 0 Å². The van der Waals surface area contributed by atoms with Crippen LogP contribution in [0, 0.1) is 19.3 Å². The summed E-state index contributed by atoms with van der Waals surface area (Å²) in [5, 5.41) is 0. The van der Waals surface area contributed by atoms with E-state index in [9.17, 15) is 0 Å². The van der Waals surface area contributed by atoms with Gasteiger partial charge in [-0.05, 0) is 60.3 Å². The molecule has 2 rings (SSSR count). The van der Waals surface area contributed by atoms with E-state index in [0.717, 1.165) is 6.42 Å². The lowest BCUT2D eigenvalue weighted by Gasteiger charge is -2.40. The van der Waals surface area contributed by atoms with Crippen LogP contribution in [-0.4, -0.2) is 0 Å². The number of benzene rings is 1. The fraction of sp³-hybridized carbons (Fsp3) is 0.583. The summed E-state index contributed by atoms with van der Waals surface area (Å²) in [7, 11) is 0. The molecule has 0 N–H and O–H groups in total. The quantitative estimate of drug-likeness (QED) is 0.513. The molecule has 0 aliphatic heterocycles. The Hall–Kier alpha value is -1.30. The Morgan fingerprint density at radius 3 is 1.96 bits per heavy atom. The maximum atomic E-state index is 2.55. The Morgan fingerprint density at radius 2 is 1.46 bits per heavy atom. The minimum atomic E-state index is 0.0713. The summed E-state index contributed by atoms with van der Waals surface area (Å²) < 4.78 is 0. The van der Waals surface area contributed by atoms with Gasteiger partial charge in [-0.1, -0.05) is 83.9 Å². The molecule has 0 fully saturated rings. The van der Waals surface area contributed by atoms with Crippen LogP contribution in [0.3, 0.4) is 0 Å². The first-order valence-corrected chi connectivity index (χ1v) is 9.27. The minimum absolute atomic E-state index is 0.0713. The van der Waals surface area contributed by atoms with Crippen LogP contribution in [0.2, 0.25) is 0 Å². The second-order valence-electron chi connectivity index (χ2n) is 10.2. The van der Waals surface area contributed by atoms with Gasteiger partial charge in [0, 0.05) is 5.41 Å². The minimum Gasteiger partial charge on any atom is -0.0719 e. The van der Waals surface area contributed by atoms with Crippen molar-refractivity contribution in [1.29, 1.82) is 0 Å². The Kier molecular flexibility index (Phi) is 4.68. The van der Waals surface area contributed by atoms with E-state index >= 15 is 0 Å². The number of rotatable bonds is 1. The highest BCUT2D eigenvalue weighted by molar-refractivity contribution is 5.52. The molecule has 0 radical (unpaired) electrons. The molecule has 0 saturated heterocycles. The topological polar surface area (TPSA) is 0 Å². The standard InChI is InChI=1S/C24H36/c1-16-11-18(3)21(20(13-16)23(7,8)9)24(10)14-17(2)12-19(15-24)22(4,5)6/h11-13,15H,14H2,1-10H3. The second kappa shape index (κ2) is 5.90. The lowest BCUT2D eigenvalue weighted by molar-refractivity contribution is 0.475. The molecule has 132 valence electrons. The van der Waals surface area contributed by atoms with Gasteiger partial charge in [0.25, 0.3) is 0 Å². The van der Waals surface area contributed by atoms with Crippen LogP contribution in [0.5, 0.6) is 0 Å². The Labute approximate surface area is 150 Å². The van der Waals surface area contributed by atoms with Gasteiger partial charge in [0.05, 0.1) is 0 Å². The third-order valence-electron chi connectivity index (χ3n) is 5.25. The van der Waals surface area contributed by atoms with Crippen LogP contribution in [0.1, 0.15) is 84.1 Å². The van der Waals surface area contributed by atoms with Gasteiger partial charge in [-0.25, -0.2) is 0 Å². The highest BCUT2D eigenvalue weighted by Crippen LogP contribution is 2.46. The van der Waals surface area contributed by atoms with Crippen molar-refractivity contribution in [3.05, 3.63) is 57.7 Å². The van der Waals surface area contributed by atoms with Gasteiger partial charge in [0.2, 0.25) is 0 Å². The molecule has 1 aliphatic rings. The van der Waals surface area contributed by atoms with Crippen molar-refractivity contribution in [1.82, 2.24) is 0 Å². The molecular formula is C24H36. The van der Waals surface area contributed by atoms with Gasteiger partial charge in [-0.15, -0.1) is 0 Å². The largest absolute Gasteiger partial charge is 0.0719 e. The van der Waals surface area contributed by atoms with E-state index in [2.05, 4.69) is 93.5 Å². The molecule has 0 bridgehead atoms. The first kappa shape index (κ1) is 19.0. The first-order valence-electron chi connectivity index (χ1n) is 9.27. The SMILES string of the molecule is CC1=CC(C(C)(C)C)=CC(C)(c2c(C)cc(C)cc2C(C)(C)C)C1. The van der Waals surface area contributed by atoms with Crippen molar-refractivity contribution in [2.24, 2.45) is 5.41 Å². The average molecular weight is 325 g/mol. The smallest absolute Gasteiger partial charge is 0.0152 e. The zero-order chi connectivity index (χ0) is 18.5. The molecule has 1 unspecified atom stereocenters. The summed E-state index contributed by atoms with van der Waals surface area (Å²) in [5.41, 5.74) is 9.20. The highest BCUT2D eigenvalue weighted by Gasteiger charge is 2.35. The predicted molar refractivity (Wildman–Crippen MR) is 108 cm³/mol. The maximum Gasteiger partial charge on any atom is 0.0152 e. The highest BCUT2D eigenvalue weighted by atomic mass is 14.4. The zero-order valence-electron chi connectivity index (χ0n) is 17.5. The molecule has 0 nitrogen and oxygen atoms in total. The molecule has 1 atom stereocenters. The molecule has 0 saturated carbocycles. The Morgan fingerprint density at radius 1 is 0.875 bits per heavy atom. The third-order valence-corrected chi connectivity index (χ3v) is 5.25. The van der Waals surface area contributed by atoms with E-state index in [1.54, 1.807) is 0 Å². The van der Waals surface area contributed by atoms with E-state index in [0.29, 0.717) is 0 Å². The van der Waals surface area contributed by atoms with Crippen LogP contribution < -0.4 is 0 Å². The summed E-state index contributed by atoms with van der Waals surface area (Å²) in [5.74, 6) is 0. The molecule has 0 spiro atoms. The number of hydrogen-bond donors (Lipinski definition) is 0. The van der Waals surface area contributed by atoms with E-state index in [-0.39, 0.29) is 16.2 Å². The van der Waals surface area contributed by atoms with Gasteiger partial charge in [-0.2, -0.15) is 0 Å². The van der Waals surface area contributed by atoms with Crippen LogP contribution in [0.25, 0.3) is 0 Å². The molecule has 1 aliphatic carbocycles. The summed E-state index contributed by atoms with van der Waals surface area (Å²) in [6.45, 7) is 23.2. The Bertz CT molecular complexity index is 699. The van der Waals surface area contributed by atoms with Crippen molar-refractivity contribution in [2.45, 2.75) is 86.5 Å². The predicted octanol–water partition coefficient (Wildman–Crippen LogP) is 7.18. The average Bonchev–Trinajstić information content (AvgIpc) is 2.33. The molecule has 0 heterocycles. The summed E-state index contributed by atoms with van der Waals surface area (Å²) >= 11 is 0. The third kappa shape index (κ3) is 3.68. The molecule has 1 aromatic rings. The first-order chi connectivity index (χ1) is 10.7. The lowest BCUT2D eigenvalue weighted by atomic mass is 9.64. The van der Waals surface area contributed by atoms with E-state index in [4.69, 9.17) is 0 Å². The van der Waals surface area contributed by atoms with Crippen molar-refractivity contribution >= 4 is 0 Å². The van der Waals surface area contributed by atoms with Crippen LogP contribution >= 0.6 is 0 Å². The summed E-state index contributed by atoms with van der Waals surface area (Å²) in [6, 6.07) is 4.76. The van der Waals surface area contributed by atoms with E-state index in [1.165, 1.54) is 33.4 Å². The summed E-state index contributed by atoms with van der Waals surface area (Å²) in [6.07, 6.45) is 6.06. The van der Waals surface area contributed by atoms with E-state index < -0.39 is 0 Å². The van der Waals surface area contributed by atoms with Crippen molar-refractivity contribution in [3.63, 3.8) is 0 Å². The van der Waals surface area contributed by atoms with Crippen LogP contribution in [-0.2, 0) is 10.8 Å². The summed E-state index contributed by atoms with van der Waals surface area (Å²) in [4.78, 5) is 0. The monoisotopic (exact) mass is 324 g/mol. The number of hydrogen-bond acceptors (Lipinski definition) is 0. The zero-order valence-corrected chi connectivity index (χ0v) is 17.5. The van der Waals surface area contributed by atoms with Gasteiger partial charge in [0.1, 0.15) is 0 Å². The molecule has 0 heteroatoms. The van der Waals surface area contributed by atoms with Crippen molar-refractivity contribution in [2.75, 3.05) is 0 Å². The van der Waals surface area contributed by atoms with Gasteiger partial charge in [-0.3, -0.25) is 0 Å². The van der Waals surface area contributed by atoms with Crippen LogP contribution in [0.4, 0.5) is 0 Å². The number of aryl methyl sites for hydroxylation is 2. The molecule has 0 aromatic heterocycles. The van der Waals surface area contributed by atoms with Gasteiger partial charge < -0.3 is 0 Å². The van der Waals surface area contributed by atoms with Crippen LogP contribution in [0.15, 0.2) is 35.4 Å². The molecule has 1 aromatic carbocycles. The number of allylic oxidation sites excluding steroid dienone is 4. The fourth-order valence-corrected chi connectivity index (χ4v) is 4.24. The van der Waals surface area contributed by atoms with Crippen molar-refractivity contribution < 1.29 is 0 Å². The second-order valence-corrected chi connectivity index (χ2v) is 10.2. The molecule has 24 heavy (non-hydrogen) atoms. The lowest BCUT2D eigenvalue weighted by Crippen LogP contribution is -2.30. The van der Waals surface area contributed by atoms with Gasteiger partial charge >= 0.3 is 0 Å². The van der Waals surface area contributed by atoms with E-state index in [1.807, 2.05) is 0 Å². The fourth-order valence-electron chi connectivity index (χ4n) is 4.24. The maximum absolute atomic E-state index is 2.55. The Balaban J connectivity index is 2.76. The molecular weight excluding hydrogens is 288 g/mol.